The maximum atomic E-state index is 10.4. The Morgan fingerprint density at radius 3 is 2.59 bits per heavy atom. The SMILES string of the molecule is Cc1ccc(-c2nnc(N[C@@H]3CCCN(C)C3)c3cc(C)ccc23)c(O)c1. The molecule has 1 fully saturated rings. The number of hydrogen-bond acceptors (Lipinski definition) is 5. The maximum absolute atomic E-state index is 10.4. The number of benzene rings is 2. The molecule has 3 aromatic rings. The first-order valence-corrected chi connectivity index (χ1v) is 9.53. The highest BCUT2D eigenvalue weighted by atomic mass is 16.3. The predicted octanol–water partition coefficient (Wildman–Crippen LogP) is 4.13. The third-order valence-electron chi connectivity index (χ3n) is 5.31. The third kappa shape index (κ3) is 3.60. The molecule has 140 valence electrons. The van der Waals surface area contributed by atoms with Crippen molar-refractivity contribution in [3.8, 4) is 17.0 Å². The van der Waals surface area contributed by atoms with Gasteiger partial charge in [-0.15, -0.1) is 10.2 Å². The number of fused-ring (bicyclic) bond motifs is 1. The summed E-state index contributed by atoms with van der Waals surface area (Å²) in [6.07, 6.45) is 2.33. The molecule has 0 spiro atoms. The molecule has 1 saturated heterocycles. The summed E-state index contributed by atoms with van der Waals surface area (Å²) in [5, 5.41) is 25.1. The number of likely N-dealkylation sites (N-methyl/N-ethyl adjacent to an activating group) is 1. The lowest BCUT2D eigenvalue weighted by atomic mass is 10.0. The molecule has 0 unspecified atom stereocenters. The molecule has 2 heterocycles. The molecule has 2 N–H and O–H groups in total. The van der Waals surface area contributed by atoms with Crippen LogP contribution in [0.15, 0.2) is 36.4 Å². The van der Waals surface area contributed by atoms with E-state index in [1.807, 2.05) is 19.1 Å². The van der Waals surface area contributed by atoms with Crippen molar-refractivity contribution in [1.82, 2.24) is 15.1 Å². The van der Waals surface area contributed by atoms with E-state index in [9.17, 15) is 5.11 Å². The van der Waals surface area contributed by atoms with Crippen molar-refractivity contribution >= 4 is 16.6 Å². The zero-order chi connectivity index (χ0) is 19.0. The average Bonchev–Trinajstić information content (AvgIpc) is 2.63. The molecule has 5 nitrogen and oxygen atoms in total. The fourth-order valence-electron chi connectivity index (χ4n) is 3.89. The Morgan fingerprint density at radius 2 is 1.81 bits per heavy atom. The topological polar surface area (TPSA) is 61.3 Å². The summed E-state index contributed by atoms with van der Waals surface area (Å²) in [4.78, 5) is 2.35. The van der Waals surface area contributed by atoms with E-state index in [0.29, 0.717) is 17.3 Å². The Labute approximate surface area is 160 Å². The Kier molecular flexibility index (Phi) is 4.70. The van der Waals surface area contributed by atoms with E-state index < -0.39 is 0 Å². The van der Waals surface area contributed by atoms with Gasteiger partial charge in [0.25, 0.3) is 0 Å². The van der Waals surface area contributed by atoms with E-state index >= 15 is 0 Å². The van der Waals surface area contributed by atoms with Crippen LogP contribution in [0.1, 0.15) is 24.0 Å². The van der Waals surface area contributed by atoms with E-state index in [1.54, 1.807) is 6.07 Å². The van der Waals surface area contributed by atoms with Gasteiger partial charge >= 0.3 is 0 Å². The maximum Gasteiger partial charge on any atom is 0.156 e. The number of nitrogens with one attached hydrogen (secondary N) is 1. The van der Waals surface area contributed by atoms with Crippen molar-refractivity contribution in [3.05, 3.63) is 47.5 Å². The molecule has 1 aliphatic heterocycles. The van der Waals surface area contributed by atoms with Crippen LogP contribution in [-0.2, 0) is 0 Å². The minimum absolute atomic E-state index is 0.237. The van der Waals surface area contributed by atoms with Gasteiger partial charge in [-0.05, 0) is 64.0 Å². The van der Waals surface area contributed by atoms with E-state index in [4.69, 9.17) is 0 Å². The van der Waals surface area contributed by atoms with E-state index in [0.717, 1.165) is 41.7 Å². The van der Waals surface area contributed by atoms with E-state index in [1.165, 1.54) is 12.0 Å². The molecular weight excluding hydrogens is 336 g/mol. The first-order chi connectivity index (χ1) is 13.0. The van der Waals surface area contributed by atoms with Crippen molar-refractivity contribution in [2.24, 2.45) is 0 Å². The molecule has 0 amide bonds. The summed E-state index contributed by atoms with van der Waals surface area (Å²) in [6, 6.07) is 12.3. The van der Waals surface area contributed by atoms with E-state index in [-0.39, 0.29) is 5.75 Å². The summed E-state index contributed by atoms with van der Waals surface area (Å²) in [5.74, 6) is 1.06. The Bertz CT molecular complexity index is 985. The first kappa shape index (κ1) is 17.7. The normalized spacial score (nSPS) is 18.0. The molecule has 0 radical (unpaired) electrons. The van der Waals surface area contributed by atoms with Crippen molar-refractivity contribution in [3.63, 3.8) is 0 Å². The van der Waals surface area contributed by atoms with Gasteiger partial charge in [0.1, 0.15) is 11.4 Å². The average molecular weight is 362 g/mol. The van der Waals surface area contributed by atoms with Crippen LogP contribution >= 0.6 is 0 Å². The number of phenols is 1. The number of aromatic nitrogens is 2. The molecule has 1 aromatic heterocycles. The number of likely N-dealkylation sites (tertiary alicyclic amines) is 1. The number of aryl methyl sites for hydroxylation is 2. The predicted molar refractivity (Wildman–Crippen MR) is 110 cm³/mol. The van der Waals surface area contributed by atoms with Crippen LogP contribution in [0.25, 0.3) is 22.0 Å². The lowest BCUT2D eigenvalue weighted by Crippen LogP contribution is -2.40. The van der Waals surface area contributed by atoms with Gasteiger partial charge in [0.2, 0.25) is 0 Å². The number of anilines is 1. The molecule has 4 rings (SSSR count). The second kappa shape index (κ2) is 7.16. The van der Waals surface area contributed by atoms with Crippen LogP contribution in [0.5, 0.6) is 5.75 Å². The summed E-state index contributed by atoms with van der Waals surface area (Å²) >= 11 is 0. The second-order valence-electron chi connectivity index (χ2n) is 7.71. The van der Waals surface area contributed by atoms with Gasteiger partial charge in [0.05, 0.1) is 0 Å². The first-order valence-electron chi connectivity index (χ1n) is 9.53. The zero-order valence-corrected chi connectivity index (χ0v) is 16.2. The third-order valence-corrected chi connectivity index (χ3v) is 5.31. The molecule has 0 bridgehead atoms. The Balaban J connectivity index is 1.79. The summed E-state index contributed by atoms with van der Waals surface area (Å²) in [7, 11) is 2.16. The fourth-order valence-corrected chi connectivity index (χ4v) is 3.89. The van der Waals surface area contributed by atoms with E-state index in [2.05, 4.69) is 52.6 Å². The number of aromatic hydroxyl groups is 1. The van der Waals surface area contributed by atoms with Gasteiger partial charge in [-0.2, -0.15) is 0 Å². The van der Waals surface area contributed by atoms with Gasteiger partial charge < -0.3 is 15.3 Å². The van der Waals surface area contributed by atoms with Gasteiger partial charge in [-0.1, -0.05) is 23.8 Å². The minimum Gasteiger partial charge on any atom is -0.507 e. The monoisotopic (exact) mass is 362 g/mol. The van der Waals surface area contributed by atoms with Crippen LogP contribution in [0.4, 0.5) is 5.82 Å². The molecule has 0 aliphatic carbocycles. The van der Waals surface area contributed by atoms with Crippen molar-refractivity contribution in [2.45, 2.75) is 32.7 Å². The standard InChI is InChI=1S/C22H26N4O/c1-14-6-8-17-19(11-14)22(23-16-5-4-10-26(3)13-16)25-24-21(17)18-9-7-15(2)12-20(18)27/h6-9,11-12,16,27H,4-5,10,13H2,1-3H3,(H,23,25)/t16-/m1/s1. The summed E-state index contributed by atoms with van der Waals surface area (Å²) in [5.41, 5.74) is 3.63. The number of nitrogens with zero attached hydrogens (tertiary/aromatic N) is 3. The molecule has 5 heteroatoms. The molecule has 2 aromatic carbocycles. The van der Waals surface area contributed by atoms with Crippen molar-refractivity contribution in [2.75, 3.05) is 25.5 Å². The Hall–Kier alpha value is -2.66. The highest BCUT2D eigenvalue weighted by Gasteiger charge is 2.20. The second-order valence-corrected chi connectivity index (χ2v) is 7.71. The number of phenolic OH excluding ortho intramolecular Hbond substituents is 1. The highest BCUT2D eigenvalue weighted by molar-refractivity contribution is 6.01. The number of hydrogen-bond donors (Lipinski definition) is 2. The van der Waals surface area contributed by atoms with Crippen LogP contribution in [0.3, 0.4) is 0 Å². The quantitative estimate of drug-likeness (QED) is 0.734. The molecule has 0 saturated carbocycles. The van der Waals surface area contributed by atoms with Crippen molar-refractivity contribution in [1.29, 1.82) is 0 Å². The van der Waals surface area contributed by atoms with Crippen molar-refractivity contribution < 1.29 is 5.11 Å². The van der Waals surface area contributed by atoms with Crippen LogP contribution in [0.2, 0.25) is 0 Å². The fraction of sp³-hybridized carbons (Fsp3) is 0.364. The molecule has 1 atom stereocenters. The van der Waals surface area contributed by atoms with Crippen LogP contribution < -0.4 is 5.32 Å². The Morgan fingerprint density at radius 1 is 1.04 bits per heavy atom. The lowest BCUT2D eigenvalue weighted by molar-refractivity contribution is 0.261. The van der Waals surface area contributed by atoms with Crippen LogP contribution in [-0.4, -0.2) is 46.4 Å². The minimum atomic E-state index is 0.237. The van der Waals surface area contributed by atoms with Gasteiger partial charge in [0.15, 0.2) is 5.82 Å². The smallest absolute Gasteiger partial charge is 0.156 e. The van der Waals surface area contributed by atoms with Gasteiger partial charge in [-0.3, -0.25) is 0 Å². The molecule has 27 heavy (non-hydrogen) atoms. The lowest BCUT2D eigenvalue weighted by Gasteiger charge is -2.30. The highest BCUT2D eigenvalue weighted by Crippen LogP contribution is 2.35. The molecule has 1 aliphatic rings. The number of piperidine rings is 1. The summed E-state index contributed by atoms with van der Waals surface area (Å²) < 4.78 is 0. The summed E-state index contributed by atoms with van der Waals surface area (Å²) in [6.45, 7) is 6.21. The molecular formula is C22H26N4O. The number of rotatable bonds is 3. The van der Waals surface area contributed by atoms with Gasteiger partial charge in [-0.25, -0.2) is 0 Å². The largest absolute Gasteiger partial charge is 0.507 e. The van der Waals surface area contributed by atoms with Crippen LogP contribution in [0, 0.1) is 13.8 Å². The van der Waals surface area contributed by atoms with Gasteiger partial charge in [0, 0.05) is 28.9 Å². The zero-order valence-electron chi connectivity index (χ0n) is 16.2.